The van der Waals surface area contributed by atoms with E-state index in [2.05, 4.69) is 16.6 Å². The molecule has 2 aromatic rings. The number of nitrogens with one attached hydrogen (secondary N) is 1. The molecule has 0 aliphatic rings. The molecule has 0 spiro atoms. The summed E-state index contributed by atoms with van der Waals surface area (Å²) in [5.41, 5.74) is -0.995. The number of esters is 1. The van der Waals surface area contributed by atoms with Gasteiger partial charge in [-0.3, -0.25) is 0 Å². The maximum absolute atomic E-state index is 13.4. The lowest BCUT2D eigenvalue weighted by Gasteiger charge is -2.16. The number of halogens is 4. The summed E-state index contributed by atoms with van der Waals surface area (Å²) in [6.45, 7) is 3.58. The molecule has 138 valence electrons. The SMILES string of the molecule is C=CCOc1cc(F)ccc1Nc1ccc(C(F)(F)F)cc1C(=O)OC. The van der Waals surface area contributed by atoms with Gasteiger partial charge in [-0.2, -0.15) is 13.2 Å². The molecular weight excluding hydrogens is 354 g/mol. The van der Waals surface area contributed by atoms with Gasteiger partial charge in [0.05, 0.1) is 29.6 Å². The monoisotopic (exact) mass is 369 g/mol. The van der Waals surface area contributed by atoms with E-state index in [0.717, 1.165) is 31.4 Å². The zero-order valence-corrected chi connectivity index (χ0v) is 13.7. The Bertz CT molecular complexity index is 819. The molecule has 26 heavy (non-hydrogen) atoms. The lowest BCUT2D eigenvalue weighted by atomic mass is 10.1. The third kappa shape index (κ3) is 4.53. The predicted molar refractivity (Wildman–Crippen MR) is 88.2 cm³/mol. The van der Waals surface area contributed by atoms with Gasteiger partial charge < -0.3 is 14.8 Å². The molecule has 0 fully saturated rings. The normalized spacial score (nSPS) is 11.0. The van der Waals surface area contributed by atoms with Gasteiger partial charge in [-0.05, 0) is 30.3 Å². The Morgan fingerprint density at radius 1 is 1.19 bits per heavy atom. The fourth-order valence-corrected chi connectivity index (χ4v) is 2.12. The molecule has 1 N–H and O–H groups in total. The number of benzene rings is 2. The highest BCUT2D eigenvalue weighted by molar-refractivity contribution is 5.97. The van der Waals surface area contributed by atoms with E-state index in [9.17, 15) is 22.4 Å². The van der Waals surface area contributed by atoms with Gasteiger partial charge in [0.25, 0.3) is 0 Å². The Kier molecular flexibility index (Phi) is 5.86. The quantitative estimate of drug-likeness (QED) is 0.445. The van der Waals surface area contributed by atoms with Crippen LogP contribution in [0, 0.1) is 5.82 Å². The second-order valence-corrected chi connectivity index (χ2v) is 5.11. The van der Waals surface area contributed by atoms with Crippen LogP contribution in [0.4, 0.5) is 28.9 Å². The first-order valence-electron chi connectivity index (χ1n) is 7.36. The average molecular weight is 369 g/mol. The van der Waals surface area contributed by atoms with E-state index in [0.29, 0.717) is 6.07 Å². The third-order valence-electron chi connectivity index (χ3n) is 3.32. The number of carbonyl (C=O) groups is 1. The first-order valence-corrected chi connectivity index (χ1v) is 7.36. The van der Waals surface area contributed by atoms with E-state index in [1.165, 1.54) is 12.1 Å². The summed E-state index contributed by atoms with van der Waals surface area (Å²) < 4.78 is 62.0. The van der Waals surface area contributed by atoms with Crippen LogP contribution in [-0.4, -0.2) is 19.7 Å². The van der Waals surface area contributed by atoms with Crippen LogP contribution in [0.1, 0.15) is 15.9 Å². The summed E-state index contributed by atoms with van der Waals surface area (Å²) in [7, 11) is 1.06. The van der Waals surface area contributed by atoms with Crippen molar-refractivity contribution in [2.24, 2.45) is 0 Å². The van der Waals surface area contributed by atoms with E-state index in [4.69, 9.17) is 4.74 Å². The number of methoxy groups -OCH3 is 1. The number of ether oxygens (including phenoxy) is 2. The van der Waals surface area contributed by atoms with Gasteiger partial charge in [0.2, 0.25) is 0 Å². The molecule has 0 aliphatic carbocycles. The Morgan fingerprint density at radius 3 is 2.50 bits per heavy atom. The molecule has 0 amide bonds. The van der Waals surface area contributed by atoms with Crippen LogP contribution in [0.15, 0.2) is 49.1 Å². The van der Waals surface area contributed by atoms with Crippen molar-refractivity contribution in [3.63, 3.8) is 0 Å². The second kappa shape index (κ2) is 7.90. The lowest BCUT2D eigenvalue weighted by molar-refractivity contribution is -0.137. The summed E-state index contributed by atoms with van der Waals surface area (Å²) >= 11 is 0. The van der Waals surface area contributed by atoms with Gasteiger partial charge in [-0.15, -0.1) is 0 Å². The number of anilines is 2. The second-order valence-electron chi connectivity index (χ2n) is 5.11. The summed E-state index contributed by atoms with van der Waals surface area (Å²) in [6.07, 6.45) is -3.16. The van der Waals surface area contributed by atoms with Crippen molar-refractivity contribution in [1.82, 2.24) is 0 Å². The zero-order chi connectivity index (χ0) is 19.3. The standard InChI is InChI=1S/C18H15F4NO3/c1-3-8-26-16-10-12(19)5-7-15(16)23-14-6-4-11(18(20,21)22)9-13(14)17(24)25-2/h3-7,9-10,23H,1,8H2,2H3. The molecule has 0 heterocycles. The zero-order valence-electron chi connectivity index (χ0n) is 13.7. The molecule has 2 rings (SSSR count). The van der Waals surface area contributed by atoms with Crippen LogP contribution < -0.4 is 10.1 Å². The van der Waals surface area contributed by atoms with Gasteiger partial charge in [0.1, 0.15) is 18.2 Å². The molecule has 0 atom stereocenters. The third-order valence-corrected chi connectivity index (χ3v) is 3.32. The van der Waals surface area contributed by atoms with E-state index >= 15 is 0 Å². The number of hydrogen-bond acceptors (Lipinski definition) is 4. The highest BCUT2D eigenvalue weighted by Crippen LogP contribution is 2.35. The topological polar surface area (TPSA) is 47.6 Å². The van der Waals surface area contributed by atoms with E-state index in [1.807, 2.05) is 0 Å². The van der Waals surface area contributed by atoms with E-state index in [-0.39, 0.29) is 29.3 Å². The highest BCUT2D eigenvalue weighted by atomic mass is 19.4. The first kappa shape index (κ1) is 19.3. The summed E-state index contributed by atoms with van der Waals surface area (Å²) in [5.74, 6) is -1.40. The molecule has 0 unspecified atom stereocenters. The van der Waals surface area contributed by atoms with Gasteiger partial charge >= 0.3 is 12.1 Å². The Morgan fingerprint density at radius 2 is 1.88 bits per heavy atom. The highest BCUT2D eigenvalue weighted by Gasteiger charge is 2.32. The largest absolute Gasteiger partial charge is 0.487 e. The average Bonchev–Trinajstić information content (AvgIpc) is 2.60. The summed E-state index contributed by atoms with van der Waals surface area (Å²) in [4.78, 5) is 11.9. The van der Waals surface area contributed by atoms with E-state index < -0.39 is 23.5 Å². The fourth-order valence-electron chi connectivity index (χ4n) is 2.12. The van der Waals surface area contributed by atoms with Crippen LogP contribution in [0.5, 0.6) is 5.75 Å². The molecule has 0 aromatic heterocycles. The van der Waals surface area contributed by atoms with Crippen molar-refractivity contribution in [2.75, 3.05) is 19.0 Å². The van der Waals surface area contributed by atoms with Crippen molar-refractivity contribution < 1.29 is 31.8 Å². The number of hydrogen-bond donors (Lipinski definition) is 1. The van der Waals surface area contributed by atoms with Crippen LogP contribution >= 0.6 is 0 Å². The number of carbonyl (C=O) groups excluding carboxylic acids is 1. The smallest absolute Gasteiger partial charge is 0.416 e. The first-order chi connectivity index (χ1) is 12.3. The van der Waals surface area contributed by atoms with Gasteiger partial charge in [0.15, 0.2) is 0 Å². The molecule has 0 saturated heterocycles. The van der Waals surface area contributed by atoms with Crippen molar-refractivity contribution >= 4 is 17.3 Å². The Balaban J connectivity index is 2.46. The Hall–Kier alpha value is -3.03. The van der Waals surface area contributed by atoms with Crippen molar-refractivity contribution in [2.45, 2.75) is 6.18 Å². The molecule has 0 saturated carbocycles. The molecule has 0 bridgehead atoms. The molecule has 2 aromatic carbocycles. The summed E-state index contributed by atoms with van der Waals surface area (Å²) in [6, 6.07) is 6.19. The minimum atomic E-state index is -4.62. The van der Waals surface area contributed by atoms with Crippen LogP contribution in [0.25, 0.3) is 0 Å². The maximum atomic E-state index is 13.4. The molecule has 8 heteroatoms. The van der Waals surface area contributed by atoms with Crippen molar-refractivity contribution in [1.29, 1.82) is 0 Å². The molecule has 0 radical (unpaired) electrons. The van der Waals surface area contributed by atoms with Gasteiger partial charge in [-0.25, -0.2) is 9.18 Å². The molecule has 0 aliphatic heterocycles. The minimum absolute atomic E-state index is 0.0555. The fraction of sp³-hybridized carbons (Fsp3) is 0.167. The van der Waals surface area contributed by atoms with Crippen LogP contribution in [0.3, 0.4) is 0 Å². The molecular formula is C18H15F4NO3. The number of alkyl halides is 3. The number of rotatable bonds is 6. The van der Waals surface area contributed by atoms with Crippen molar-refractivity contribution in [3.8, 4) is 5.75 Å². The van der Waals surface area contributed by atoms with Crippen LogP contribution in [-0.2, 0) is 10.9 Å². The summed E-state index contributed by atoms with van der Waals surface area (Å²) in [5, 5.41) is 2.78. The minimum Gasteiger partial charge on any atom is -0.487 e. The van der Waals surface area contributed by atoms with Gasteiger partial charge in [-0.1, -0.05) is 12.7 Å². The lowest BCUT2D eigenvalue weighted by Crippen LogP contribution is -2.11. The molecule has 4 nitrogen and oxygen atoms in total. The van der Waals surface area contributed by atoms with E-state index in [1.54, 1.807) is 0 Å². The van der Waals surface area contributed by atoms with Gasteiger partial charge in [0, 0.05) is 6.07 Å². The Labute approximate surface area is 147 Å². The van der Waals surface area contributed by atoms with Crippen molar-refractivity contribution in [3.05, 3.63) is 66.0 Å². The maximum Gasteiger partial charge on any atom is 0.416 e. The predicted octanol–water partition coefficient (Wildman–Crippen LogP) is 4.94. The van der Waals surface area contributed by atoms with Crippen LogP contribution in [0.2, 0.25) is 0 Å².